The Hall–Kier alpha value is -1.80. The van der Waals surface area contributed by atoms with E-state index in [4.69, 9.17) is 4.74 Å². The molecule has 0 heterocycles. The number of benzene rings is 2. The Morgan fingerprint density at radius 1 is 0.882 bits per heavy atom. The molecule has 0 unspecified atom stereocenters. The van der Waals surface area contributed by atoms with Crippen LogP contribution in [-0.2, 0) is 4.74 Å². The molecule has 0 radical (unpaired) electrons. The summed E-state index contributed by atoms with van der Waals surface area (Å²) in [5.41, 5.74) is 0. The second kappa shape index (κ2) is 6.06. The molecule has 2 aromatic rings. The first kappa shape index (κ1) is 11.7. The van der Waals surface area contributed by atoms with Crippen molar-refractivity contribution < 1.29 is 4.74 Å². The first-order valence-electron chi connectivity index (χ1n) is 5.74. The van der Waals surface area contributed by atoms with Crippen LogP contribution in [0.2, 0.25) is 0 Å². The van der Waals surface area contributed by atoms with Gasteiger partial charge in [-0.2, -0.15) is 0 Å². The molecular formula is C15H16OSi. The molecule has 86 valence electrons. The number of rotatable bonds is 5. The van der Waals surface area contributed by atoms with Crippen molar-refractivity contribution in [3.8, 4) is 0 Å². The van der Waals surface area contributed by atoms with Gasteiger partial charge in [0.2, 0.25) is 0 Å². The molecule has 0 aliphatic carbocycles. The minimum atomic E-state index is -1.26. The lowest BCUT2D eigenvalue weighted by Crippen LogP contribution is -2.45. The van der Waals surface area contributed by atoms with Gasteiger partial charge in [-0.15, -0.1) is 0 Å². The highest BCUT2D eigenvalue weighted by Crippen LogP contribution is 1.94. The molecule has 0 aromatic heterocycles. The molecule has 1 nitrogen and oxygen atoms in total. The maximum atomic E-state index is 5.43. The Balaban J connectivity index is 2.29. The Morgan fingerprint density at radius 3 is 1.76 bits per heavy atom. The average molecular weight is 240 g/mol. The Kier molecular flexibility index (Phi) is 4.16. The molecule has 0 N–H and O–H groups in total. The van der Waals surface area contributed by atoms with E-state index in [1.807, 2.05) is 12.1 Å². The van der Waals surface area contributed by atoms with Gasteiger partial charge in [0.05, 0.1) is 12.5 Å². The van der Waals surface area contributed by atoms with Crippen LogP contribution in [0.15, 0.2) is 73.5 Å². The summed E-state index contributed by atoms with van der Waals surface area (Å²) in [6, 6.07) is 21.2. The minimum Gasteiger partial charge on any atom is -0.505 e. The summed E-state index contributed by atoms with van der Waals surface area (Å²) in [4.78, 5) is 0. The average Bonchev–Trinajstić information content (AvgIpc) is 2.42. The van der Waals surface area contributed by atoms with Crippen molar-refractivity contribution in [3.63, 3.8) is 0 Å². The second-order valence-corrected chi connectivity index (χ2v) is 6.65. The van der Waals surface area contributed by atoms with Crippen molar-refractivity contribution in [1.82, 2.24) is 0 Å². The van der Waals surface area contributed by atoms with E-state index in [-0.39, 0.29) is 0 Å². The van der Waals surface area contributed by atoms with E-state index < -0.39 is 8.80 Å². The fourth-order valence-electron chi connectivity index (χ4n) is 1.92. The highest BCUT2D eigenvalue weighted by molar-refractivity contribution is 6.85. The largest absolute Gasteiger partial charge is 0.505 e. The molecule has 0 aliphatic rings. The van der Waals surface area contributed by atoms with Gasteiger partial charge in [0.25, 0.3) is 0 Å². The lowest BCUT2D eigenvalue weighted by atomic mass is 10.4. The highest BCUT2D eigenvalue weighted by Gasteiger charge is 2.15. The van der Waals surface area contributed by atoms with Crippen LogP contribution in [0.5, 0.6) is 0 Å². The van der Waals surface area contributed by atoms with E-state index in [1.54, 1.807) is 0 Å². The third-order valence-electron chi connectivity index (χ3n) is 2.78. The Morgan fingerprint density at radius 2 is 1.35 bits per heavy atom. The molecular weight excluding hydrogens is 224 g/mol. The molecule has 17 heavy (non-hydrogen) atoms. The SMILES string of the molecule is C=COC[SiH](c1ccccc1)c1ccccc1. The molecule has 0 bridgehead atoms. The predicted molar refractivity (Wildman–Crippen MR) is 75.5 cm³/mol. The molecule has 0 saturated heterocycles. The normalized spacial score (nSPS) is 10.2. The third-order valence-corrected chi connectivity index (χ3v) is 5.69. The fourth-order valence-corrected chi connectivity index (χ4v) is 4.39. The predicted octanol–water partition coefficient (Wildman–Crippen LogP) is 1.73. The monoisotopic (exact) mass is 240 g/mol. The van der Waals surface area contributed by atoms with Gasteiger partial charge in [-0.05, 0) is 0 Å². The van der Waals surface area contributed by atoms with E-state index in [1.165, 1.54) is 16.6 Å². The van der Waals surface area contributed by atoms with E-state index in [0.717, 1.165) is 6.23 Å². The Labute approximate surface area is 104 Å². The van der Waals surface area contributed by atoms with Gasteiger partial charge in [0.1, 0.15) is 8.80 Å². The van der Waals surface area contributed by atoms with Gasteiger partial charge in [-0.25, -0.2) is 0 Å². The molecule has 0 saturated carbocycles. The summed E-state index contributed by atoms with van der Waals surface area (Å²) >= 11 is 0. The minimum absolute atomic E-state index is 0.761. The van der Waals surface area contributed by atoms with E-state index in [9.17, 15) is 0 Å². The van der Waals surface area contributed by atoms with Crippen LogP contribution in [0.3, 0.4) is 0 Å². The summed E-state index contributed by atoms with van der Waals surface area (Å²) < 4.78 is 5.43. The number of hydrogen-bond acceptors (Lipinski definition) is 1. The van der Waals surface area contributed by atoms with Crippen LogP contribution >= 0.6 is 0 Å². The van der Waals surface area contributed by atoms with Gasteiger partial charge < -0.3 is 4.74 Å². The zero-order valence-electron chi connectivity index (χ0n) is 9.75. The molecule has 0 aliphatic heterocycles. The summed E-state index contributed by atoms with van der Waals surface area (Å²) in [5, 5.41) is 2.81. The van der Waals surface area contributed by atoms with Crippen LogP contribution in [0.4, 0.5) is 0 Å². The summed E-state index contributed by atoms with van der Waals surface area (Å²) in [6.07, 6.45) is 2.30. The van der Waals surface area contributed by atoms with Crippen molar-refractivity contribution in [2.75, 3.05) is 6.23 Å². The molecule has 0 spiro atoms. The zero-order chi connectivity index (χ0) is 11.9. The maximum Gasteiger partial charge on any atom is 0.145 e. The lowest BCUT2D eigenvalue weighted by molar-refractivity contribution is 0.310. The summed E-state index contributed by atoms with van der Waals surface area (Å²) in [5.74, 6) is 0. The van der Waals surface area contributed by atoms with Gasteiger partial charge >= 0.3 is 0 Å². The quantitative estimate of drug-likeness (QED) is 0.571. The van der Waals surface area contributed by atoms with Crippen molar-refractivity contribution in [2.24, 2.45) is 0 Å². The van der Waals surface area contributed by atoms with Crippen molar-refractivity contribution in [3.05, 3.63) is 73.5 Å². The smallest absolute Gasteiger partial charge is 0.145 e. The molecule has 2 rings (SSSR count). The standard InChI is InChI=1S/C15H16OSi/c1-2-16-13-17(14-9-5-3-6-10-14)15-11-7-4-8-12-15/h2-12,17H,1,13H2. The molecule has 0 amide bonds. The van der Waals surface area contributed by atoms with Crippen LogP contribution in [0.1, 0.15) is 0 Å². The third kappa shape index (κ3) is 3.08. The summed E-state index contributed by atoms with van der Waals surface area (Å²) in [6.45, 7) is 3.62. The molecule has 2 heteroatoms. The van der Waals surface area contributed by atoms with Gasteiger partial charge in [0, 0.05) is 0 Å². The van der Waals surface area contributed by atoms with E-state index >= 15 is 0 Å². The Bertz CT molecular complexity index is 413. The van der Waals surface area contributed by atoms with Crippen LogP contribution in [0, 0.1) is 0 Å². The van der Waals surface area contributed by atoms with Gasteiger partial charge in [0.15, 0.2) is 0 Å². The zero-order valence-corrected chi connectivity index (χ0v) is 10.9. The molecule has 0 atom stereocenters. The lowest BCUT2D eigenvalue weighted by Gasteiger charge is -2.15. The highest BCUT2D eigenvalue weighted by atomic mass is 28.3. The van der Waals surface area contributed by atoms with Gasteiger partial charge in [-0.1, -0.05) is 77.6 Å². The van der Waals surface area contributed by atoms with Crippen molar-refractivity contribution >= 4 is 19.2 Å². The molecule has 0 fully saturated rings. The van der Waals surface area contributed by atoms with Crippen LogP contribution in [0.25, 0.3) is 0 Å². The first-order chi connectivity index (χ1) is 8.42. The van der Waals surface area contributed by atoms with Gasteiger partial charge in [-0.3, -0.25) is 0 Å². The first-order valence-corrected chi connectivity index (χ1v) is 7.71. The van der Waals surface area contributed by atoms with Crippen molar-refractivity contribution in [2.45, 2.75) is 0 Å². The van der Waals surface area contributed by atoms with E-state index in [0.29, 0.717) is 0 Å². The van der Waals surface area contributed by atoms with Crippen molar-refractivity contribution in [1.29, 1.82) is 0 Å². The van der Waals surface area contributed by atoms with Crippen LogP contribution < -0.4 is 10.4 Å². The number of ether oxygens (including phenoxy) is 1. The van der Waals surface area contributed by atoms with Crippen LogP contribution in [-0.4, -0.2) is 15.0 Å². The van der Waals surface area contributed by atoms with E-state index in [2.05, 4.69) is 55.1 Å². The number of hydrogen-bond donors (Lipinski definition) is 0. The topological polar surface area (TPSA) is 9.23 Å². The maximum absolute atomic E-state index is 5.43. The molecule has 2 aromatic carbocycles. The summed E-state index contributed by atoms with van der Waals surface area (Å²) in [7, 11) is -1.26. The fraction of sp³-hybridized carbons (Fsp3) is 0.0667. The second-order valence-electron chi connectivity index (χ2n) is 3.87.